The summed E-state index contributed by atoms with van der Waals surface area (Å²) in [5.41, 5.74) is 2.50. The number of hydrogen-bond donors (Lipinski definition) is 0. The van der Waals surface area contributed by atoms with E-state index in [-0.39, 0.29) is 5.82 Å². The Morgan fingerprint density at radius 2 is 2.00 bits per heavy atom. The Morgan fingerprint density at radius 3 is 2.79 bits per heavy atom. The zero-order valence-corrected chi connectivity index (χ0v) is 10.3. The standard InChI is InChI=1S/C14H11FN4/c1-10-5-14(17-9-16-10)19-8-12(7-18-19)11-3-2-4-13(15)6-11/h2-9H,1H3. The molecular weight excluding hydrogens is 243 g/mol. The van der Waals surface area contributed by atoms with Gasteiger partial charge in [-0.3, -0.25) is 0 Å². The van der Waals surface area contributed by atoms with Crippen molar-refractivity contribution >= 4 is 0 Å². The van der Waals surface area contributed by atoms with Crippen LogP contribution in [-0.2, 0) is 0 Å². The summed E-state index contributed by atoms with van der Waals surface area (Å²) in [6.07, 6.45) is 5.00. The Labute approximate surface area is 109 Å². The van der Waals surface area contributed by atoms with Crippen molar-refractivity contribution in [3.63, 3.8) is 0 Å². The van der Waals surface area contributed by atoms with E-state index >= 15 is 0 Å². The van der Waals surface area contributed by atoms with Crippen molar-refractivity contribution in [3.05, 3.63) is 60.6 Å². The minimum absolute atomic E-state index is 0.261. The second-order valence-electron chi connectivity index (χ2n) is 4.20. The number of aromatic nitrogens is 4. The number of benzene rings is 1. The second-order valence-corrected chi connectivity index (χ2v) is 4.20. The van der Waals surface area contributed by atoms with Crippen LogP contribution in [0.4, 0.5) is 4.39 Å². The molecule has 3 aromatic rings. The smallest absolute Gasteiger partial charge is 0.156 e. The molecule has 0 saturated heterocycles. The molecule has 0 unspecified atom stereocenters. The summed E-state index contributed by atoms with van der Waals surface area (Å²) in [4.78, 5) is 8.19. The highest BCUT2D eigenvalue weighted by atomic mass is 19.1. The van der Waals surface area contributed by atoms with Gasteiger partial charge in [0, 0.05) is 23.5 Å². The number of rotatable bonds is 2. The first-order valence-corrected chi connectivity index (χ1v) is 5.82. The zero-order chi connectivity index (χ0) is 13.2. The summed E-state index contributed by atoms with van der Waals surface area (Å²) in [7, 11) is 0. The molecule has 0 fully saturated rings. The van der Waals surface area contributed by atoms with Gasteiger partial charge in [-0.15, -0.1) is 0 Å². The monoisotopic (exact) mass is 254 g/mol. The molecular formula is C14H11FN4. The fraction of sp³-hybridized carbons (Fsp3) is 0.0714. The molecule has 0 aliphatic heterocycles. The molecule has 0 radical (unpaired) electrons. The first kappa shape index (κ1) is 11.5. The highest BCUT2D eigenvalue weighted by Gasteiger charge is 2.05. The van der Waals surface area contributed by atoms with E-state index in [9.17, 15) is 4.39 Å². The van der Waals surface area contributed by atoms with E-state index in [1.54, 1.807) is 16.9 Å². The SMILES string of the molecule is Cc1cc(-n2cc(-c3cccc(F)c3)cn2)ncn1. The highest BCUT2D eigenvalue weighted by molar-refractivity contribution is 5.62. The average molecular weight is 254 g/mol. The lowest BCUT2D eigenvalue weighted by atomic mass is 10.1. The van der Waals surface area contributed by atoms with Gasteiger partial charge in [0.1, 0.15) is 12.1 Å². The first-order chi connectivity index (χ1) is 9.22. The van der Waals surface area contributed by atoms with Gasteiger partial charge in [0.2, 0.25) is 0 Å². The predicted octanol–water partition coefficient (Wildman–Crippen LogP) is 2.78. The van der Waals surface area contributed by atoms with Crippen molar-refractivity contribution in [2.45, 2.75) is 6.92 Å². The van der Waals surface area contributed by atoms with Crippen LogP contribution in [-0.4, -0.2) is 19.7 Å². The Balaban J connectivity index is 2.00. The fourth-order valence-electron chi connectivity index (χ4n) is 1.83. The van der Waals surface area contributed by atoms with Crippen LogP contribution in [0.2, 0.25) is 0 Å². The minimum atomic E-state index is -0.261. The molecule has 4 nitrogen and oxygen atoms in total. The van der Waals surface area contributed by atoms with Crippen LogP contribution < -0.4 is 0 Å². The van der Waals surface area contributed by atoms with E-state index in [2.05, 4.69) is 15.1 Å². The Hall–Kier alpha value is -2.56. The molecule has 0 saturated carbocycles. The van der Waals surface area contributed by atoms with E-state index in [1.807, 2.05) is 25.3 Å². The predicted molar refractivity (Wildman–Crippen MR) is 69.3 cm³/mol. The van der Waals surface area contributed by atoms with E-state index < -0.39 is 0 Å². The second kappa shape index (κ2) is 4.61. The molecule has 0 atom stereocenters. The van der Waals surface area contributed by atoms with Gasteiger partial charge in [0.05, 0.1) is 6.20 Å². The Morgan fingerprint density at radius 1 is 1.11 bits per heavy atom. The molecule has 2 aromatic heterocycles. The third kappa shape index (κ3) is 2.35. The molecule has 2 heterocycles. The lowest BCUT2D eigenvalue weighted by Gasteiger charge is -2.00. The van der Waals surface area contributed by atoms with Crippen molar-refractivity contribution < 1.29 is 4.39 Å². The summed E-state index contributed by atoms with van der Waals surface area (Å²) in [6.45, 7) is 1.89. The summed E-state index contributed by atoms with van der Waals surface area (Å²) in [5.74, 6) is 0.429. The van der Waals surface area contributed by atoms with Gasteiger partial charge in [0.25, 0.3) is 0 Å². The lowest BCUT2D eigenvalue weighted by molar-refractivity contribution is 0.628. The molecule has 0 amide bonds. The minimum Gasteiger partial charge on any atom is -0.242 e. The number of aryl methyl sites for hydroxylation is 1. The summed E-state index contributed by atoms with van der Waals surface area (Å²) in [5, 5.41) is 4.24. The van der Waals surface area contributed by atoms with Gasteiger partial charge in [-0.2, -0.15) is 5.10 Å². The molecule has 0 N–H and O–H groups in total. The number of nitrogens with zero attached hydrogens (tertiary/aromatic N) is 4. The van der Waals surface area contributed by atoms with Crippen LogP contribution in [0.5, 0.6) is 0 Å². The van der Waals surface area contributed by atoms with E-state index in [4.69, 9.17) is 0 Å². The van der Waals surface area contributed by atoms with Crippen molar-refractivity contribution in [2.24, 2.45) is 0 Å². The Kier molecular flexibility index (Phi) is 2.79. The quantitative estimate of drug-likeness (QED) is 0.706. The Bertz CT molecular complexity index is 661. The van der Waals surface area contributed by atoms with Crippen molar-refractivity contribution in [1.29, 1.82) is 0 Å². The van der Waals surface area contributed by atoms with Crippen LogP contribution in [0.3, 0.4) is 0 Å². The molecule has 1 aromatic carbocycles. The van der Waals surface area contributed by atoms with Gasteiger partial charge in [-0.05, 0) is 24.6 Å². The lowest BCUT2D eigenvalue weighted by Crippen LogP contribution is -1.98. The summed E-state index contributed by atoms with van der Waals surface area (Å²) < 4.78 is 14.8. The maximum atomic E-state index is 13.2. The van der Waals surface area contributed by atoms with Gasteiger partial charge in [0.15, 0.2) is 5.82 Å². The van der Waals surface area contributed by atoms with Crippen LogP contribution in [0.1, 0.15) is 5.69 Å². The van der Waals surface area contributed by atoms with Gasteiger partial charge in [-0.25, -0.2) is 19.0 Å². The topological polar surface area (TPSA) is 43.6 Å². The summed E-state index contributed by atoms with van der Waals surface area (Å²) in [6, 6.07) is 8.25. The van der Waals surface area contributed by atoms with E-state index in [0.717, 1.165) is 16.8 Å². The van der Waals surface area contributed by atoms with Crippen molar-refractivity contribution in [3.8, 4) is 16.9 Å². The van der Waals surface area contributed by atoms with Crippen molar-refractivity contribution in [1.82, 2.24) is 19.7 Å². The number of halogens is 1. The molecule has 5 heteroatoms. The van der Waals surface area contributed by atoms with Crippen LogP contribution in [0.25, 0.3) is 16.9 Å². The molecule has 0 aliphatic carbocycles. The zero-order valence-electron chi connectivity index (χ0n) is 10.3. The maximum Gasteiger partial charge on any atom is 0.156 e. The van der Waals surface area contributed by atoms with Crippen LogP contribution in [0, 0.1) is 12.7 Å². The van der Waals surface area contributed by atoms with Gasteiger partial charge < -0.3 is 0 Å². The van der Waals surface area contributed by atoms with Crippen LogP contribution in [0.15, 0.2) is 49.1 Å². The third-order valence-corrected chi connectivity index (χ3v) is 2.76. The molecule has 0 spiro atoms. The highest BCUT2D eigenvalue weighted by Crippen LogP contribution is 2.20. The maximum absolute atomic E-state index is 13.2. The van der Waals surface area contributed by atoms with Crippen LogP contribution >= 0.6 is 0 Å². The van der Waals surface area contributed by atoms with E-state index in [0.29, 0.717) is 5.82 Å². The number of hydrogen-bond acceptors (Lipinski definition) is 3. The van der Waals surface area contributed by atoms with Gasteiger partial charge >= 0.3 is 0 Å². The molecule has 3 rings (SSSR count). The summed E-state index contributed by atoms with van der Waals surface area (Å²) >= 11 is 0. The first-order valence-electron chi connectivity index (χ1n) is 5.82. The molecule has 0 aliphatic rings. The normalized spacial score (nSPS) is 10.6. The largest absolute Gasteiger partial charge is 0.242 e. The third-order valence-electron chi connectivity index (χ3n) is 2.76. The van der Waals surface area contributed by atoms with Crippen molar-refractivity contribution in [2.75, 3.05) is 0 Å². The molecule has 0 bridgehead atoms. The van der Waals surface area contributed by atoms with E-state index in [1.165, 1.54) is 18.5 Å². The average Bonchev–Trinajstić information content (AvgIpc) is 2.88. The fourth-order valence-corrected chi connectivity index (χ4v) is 1.83. The molecule has 19 heavy (non-hydrogen) atoms. The molecule has 94 valence electrons. The van der Waals surface area contributed by atoms with Gasteiger partial charge in [-0.1, -0.05) is 12.1 Å².